The summed E-state index contributed by atoms with van der Waals surface area (Å²) in [7, 11) is -6.00. The van der Waals surface area contributed by atoms with E-state index in [1.807, 2.05) is 0 Å². The van der Waals surface area contributed by atoms with Crippen molar-refractivity contribution in [3.8, 4) is 0 Å². The molecule has 0 aromatic heterocycles. The van der Waals surface area contributed by atoms with E-state index in [4.69, 9.17) is 0 Å². The smallest absolute Gasteiger partial charge is 0.428 e. The average molecular weight is 186 g/mol. The summed E-state index contributed by atoms with van der Waals surface area (Å²) in [6.07, 6.45) is 3.53. The van der Waals surface area contributed by atoms with Gasteiger partial charge in [0.05, 0.1) is 0 Å². The first-order valence-corrected chi connectivity index (χ1v) is 3.14. The maximum Gasteiger partial charge on any atom is 0.673 e. The second-order valence-corrected chi connectivity index (χ2v) is 1.66. The summed E-state index contributed by atoms with van der Waals surface area (Å²) in [5.74, 6) is 0. The summed E-state index contributed by atoms with van der Waals surface area (Å²) in [6.45, 7) is 8.49. The normalized spacial score (nSPS) is 9.67. The molecule has 0 aliphatic carbocycles. The highest BCUT2D eigenvalue weighted by molar-refractivity contribution is 6.50. The molecule has 72 valence electrons. The third kappa shape index (κ3) is 60.0. The van der Waals surface area contributed by atoms with Gasteiger partial charge in [0.15, 0.2) is 13.2 Å². The SMILES string of the molecule is C=CC[OH+]CC=C.F[B-](F)(F)F. The van der Waals surface area contributed by atoms with Gasteiger partial charge in [-0.1, -0.05) is 13.2 Å². The standard InChI is InChI=1S/C6H10O.BF4/c1-3-5-7-6-4-2;2-1(3,4)5/h3-4H,1-2,5-6H2;/q;-1/p+1. The molecule has 6 heteroatoms. The van der Waals surface area contributed by atoms with E-state index in [0.29, 0.717) is 0 Å². The van der Waals surface area contributed by atoms with E-state index < -0.39 is 7.25 Å². The zero-order valence-corrected chi connectivity index (χ0v) is 6.52. The molecule has 0 aliphatic rings. The maximum atomic E-state index is 9.75. The predicted octanol–water partition coefficient (Wildman–Crippen LogP) is 2.19. The van der Waals surface area contributed by atoms with Crippen LogP contribution >= 0.6 is 0 Å². The van der Waals surface area contributed by atoms with Crippen LogP contribution in [0.3, 0.4) is 0 Å². The molecule has 0 fully saturated rings. The van der Waals surface area contributed by atoms with Crippen molar-refractivity contribution in [2.75, 3.05) is 13.2 Å². The fourth-order valence-corrected chi connectivity index (χ4v) is 0.257. The molecule has 1 nitrogen and oxygen atoms in total. The highest BCUT2D eigenvalue weighted by Gasteiger charge is 2.20. The molecule has 0 bridgehead atoms. The molecule has 0 spiro atoms. The van der Waals surface area contributed by atoms with Crippen LogP contribution in [0.25, 0.3) is 0 Å². The molecular weight excluding hydrogens is 175 g/mol. The van der Waals surface area contributed by atoms with Gasteiger partial charge in [-0.25, -0.2) is 0 Å². The summed E-state index contributed by atoms with van der Waals surface area (Å²) in [5.41, 5.74) is 0. The van der Waals surface area contributed by atoms with Gasteiger partial charge in [0.2, 0.25) is 0 Å². The van der Waals surface area contributed by atoms with Crippen molar-refractivity contribution in [2.24, 2.45) is 0 Å². The highest BCUT2D eigenvalue weighted by atomic mass is 19.5. The Hall–Kier alpha value is -0.775. The van der Waals surface area contributed by atoms with Gasteiger partial charge in [-0.3, -0.25) is 0 Å². The molecule has 0 aliphatic heterocycles. The molecule has 0 rings (SSSR count). The fraction of sp³-hybridized carbons (Fsp3) is 0.333. The topological polar surface area (TPSA) is 12.8 Å². The molecule has 0 aromatic rings. The Kier molecular flexibility index (Phi) is 9.56. The Morgan fingerprint density at radius 3 is 1.42 bits per heavy atom. The molecule has 0 atom stereocenters. The Labute approximate surface area is 68.8 Å². The predicted molar refractivity (Wildman–Crippen MR) is 42.5 cm³/mol. The lowest BCUT2D eigenvalue weighted by Crippen LogP contribution is -2.02. The number of ether oxygens (including phenoxy) is 1. The third-order valence-corrected chi connectivity index (χ3v) is 0.516. The Bertz CT molecular complexity index is 109. The van der Waals surface area contributed by atoms with Gasteiger partial charge >= 0.3 is 7.25 Å². The van der Waals surface area contributed by atoms with Crippen LogP contribution in [0.15, 0.2) is 25.3 Å². The second kappa shape index (κ2) is 8.32. The minimum Gasteiger partial charge on any atom is -0.428 e. The molecule has 0 aromatic carbocycles. The molecule has 0 saturated heterocycles. The molecule has 1 N–H and O–H groups in total. The van der Waals surface area contributed by atoms with E-state index >= 15 is 0 Å². The summed E-state index contributed by atoms with van der Waals surface area (Å²) in [5, 5.41) is 0. The second-order valence-electron chi connectivity index (χ2n) is 1.66. The van der Waals surface area contributed by atoms with Crippen LogP contribution < -0.4 is 0 Å². The van der Waals surface area contributed by atoms with Gasteiger partial charge in [0.1, 0.15) is 0 Å². The van der Waals surface area contributed by atoms with Gasteiger partial charge < -0.3 is 22.0 Å². The van der Waals surface area contributed by atoms with Crippen LogP contribution in [-0.4, -0.2) is 25.2 Å². The van der Waals surface area contributed by atoms with Crippen LogP contribution in [0, 0.1) is 0 Å². The molecule has 0 radical (unpaired) electrons. The van der Waals surface area contributed by atoms with Crippen molar-refractivity contribution in [3.05, 3.63) is 25.3 Å². The van der Waals surface area contributed by atoms with E-state index in [0.717, 1.165) is 13.2 Å². The number of halogens is 4. The molecule has 0 saturated carbocycles. The first-order valence-electron chi connectivity index (χ1n) is 3.14. The first-order chi connectivity index (χ1) is 5.41. The zero-order valence-electron chi connectivity index (χ0n) is 6.52. The van der Waals surface area contributed by atoms with Crippen molar-refractivity contribution < 1.29 is 22.0 Å². The number of hydrogen-bond acceptors (Lipinski definition) is 0. The van der Waals surface area contributed by atoms with E-state index in [9.17, 15) is 17.3 Å². The quantitative estimate of drug-likeness (QED) is 0.210. The Morgan fingerprint density at radius 2 is 1.25 bits per heavy atom. The number of aliphatic hydroxyl groups is 2. The lowest BCUT2D eigenvalue weighted by molar-refractivity contribution is 0.00748. The van der Waals surface area contributed by atoms with Gasteiger partial charge in [-0.2, -0.15) is 0 Å². The Morgan fingerprint density at radius 1 is 1.00 bits per heavy atom. The van der Waals surface area contributed by atoms with Crippen molar-refractivity contribution in [2.45, 2.75) is 0 Å². The van der Waals surface area contributed by atoms with Crippen LogP contribution in [-0.2, 0) is 0 Å². The fourth-order valence-electron chi connectivity index (χ4n) is 0.257. The highest BCUT2D eigenvalue weighted by Crippen LogP contribution is 2.06. The maximum absolute atomic E-state index is 9.75. The van der Waals surface area contributed by atoms with Gasteiger partial charge in [-0.15, -0.1) is 0 Å². The van der Waals surface area contributed by atoms with Crippen LogP contribution in [0.4, 0.5) is 17.3 Å². The Balaban J connectivity index is 0. The van der Waals surface area contributed by atoms with Crippen molar-refractivity contribution in [1.82, 2.24) is 0 Å². The summed E-state index contributed by atoms with van der Waals surface area (Å²) in [4.78, 5) is 0. The molecular formula is C6H11BF4O. The minimum absolute atomic E-state index is 0.742. The zero-order chi connectivity index (χ0) is 10.0. The van der Waals surface area contributed by atoms with Crippen LogP contribution in [0.2, 0.25) is 0 Å². The van der Waals surface area contributed by atoms with Gasteiger partial charge in [0.25, 0.3) is 0 Å². The van der Waals surface area contributed by atoms with E-state index in [-0.39, 0.29) is 0 Å². The minimum atomic E-state index is -6.00. The molecule has 12 heavy (non-hydrogen) atoms. The summed E-state index contributed by atoms with van der Waals surface area (Å²) >= 11 is 0. The molecule has 0 unspecified atom stereocenters. The lowest BCUT2D eigenvalue weighted by Gasteiger charge is -1.94. The third-order valence-electron chi connectivity index (χ3n) is 0.516. The monoisotopic (exact) mass is 186 g/mol. The largest absolute Gasteiger partial charge is 0.673 e. The first kappa shape index (κ1) is 13.8. The van der Waals surface area contributed by atoms with E-state index in [1.54, 1.807) is 12.2 Å². The number of rotatable bonds is 4. The van der Waals surface area contributed by atoms with Gasteiger partial charge in [0, 0.05) is 0 Å². The van der Waals surface area contributed by atoms with Crippen molar-refractivity contribution in [1.29, 1.82) is 0 Å². The van der Waals surface area contributed by atoms with E-state index in [2.05, 4.69) is 17.9 Å². The summed E-state index contributed by atoms with van der Waals surface area (Å²) in [6, 6.07) is 0. The average Bonchev–Trinajstić information content (AvgIpc) is 1.85. The van der Waals surface area contributed by atoms with E-state index in [1.165, 1.54) is 0 Å². The summed E-state index contributed by atoms with van der Waals surface area (Å²) < 4.78 is 43.0. The number of hydrogen-bond donors (Lipinski definition) is 0. The van der Waals surface area contributed by atoms with Crippen LogP contribution in [0.5, 0.6) is 0 Å². The van der Waals surface area contributed by atoms with Crippen molar-refractivity contribution >= 4 is 7.25 Å². The van der Waals surface area contributed by atoms with Crippen LogP contribution in [0.1, 0.15) is 0 Å². The lowest BCUT2D eigenvalue weighted by atomic mass is 10.3. The van der Waals surface area contributed by atoms with Gasteiger partial charge in [-0.05, 0) is 12.2 Å². The molecule has 0 heterocycles. The molecule has 0 amide bonds. The van der Waals surface area contributed by atoms with Crippen molar-refractivity contribution in [3.63, 3.8) is 0 Å².